The van der Waals surface area contributed by atoms with Gasteiger partial charge in [-0.15, -0.1) is 22.7 Å². The summed E-state index contributed by atoms with van der Waals surface area (Å²) in [6, 6.07) is -0.346. The minimum absolute atomic E-state index is 0.208. The van der Waals surface area contributed by atoms with E-state index in [0.717, 1.165) is 29.2 Å². The minimum Gasteiger partial charge on any atom is -0.477 e. The van der Waals surface area contributed by atoms with Crippen molar-refractivity contribution in [3.63, 3.8) is 0 Å². The maximum absolute atomic E-state index is 12.2. The lowest BCUT2D eigenvalue weighted by Crippen LogP contribution is -2.25. The number of nitrogens with one attached hydrogen (secondary N) is 1. The third-order valence-corrected chi connectivity index (χ3v) is 5.35. The van der Waals surface area contributed by atoms with E-state index in [1.54, 1.807) is 20.0 Å². The van der Waals surface area contributed by atoms with Crippen LogP contribution in [0.3, 0.4) is 0 Å². The molecule has 0 bridgehead atoms. The fourth-order valence-corrected chi connectivity index (χ4v) is 3.71. The Morgan fingerprint density at radius 1 is 1.41 bits per heavy atom. The molecule has 0 spiro atoms. The van der Waals surface area contributed by atoms with Crippen LogP contribution >= 0.6 is 22.7 Å². The topological polar surface area (TPSA) is 92.2 Å². The first-order chi connectivity index (χ1) is 10.4. The van der Waals surface area contributed by atoms with Gasteiger partial charge in [0.25, 0.3) is 5.91 Å². The van der Waals surface area contributed by atoms with Crippen molar-refractivity contribution >= 4 is 34.6 Å². The number of rotatable bonds is 6. The van der Waals surface area contributed by atoms with Gasteiger partial charge in [-0.2, -0.15) is 0 Å². The van der Waals surface area contributed by atoms with Crippen molar-refractivity contribution in [2.75, 3.05) is 0 Å². The molecule has 2 aromatic rings. The Morgan fingerprint density at radius 3 is 2.73 bits per heavy atom. The van der Waals surface area contributed by atoms with Gasteiger partial charge in [0.2, 0.25) is 0 Å². The minimum atomic E-state index is -0.994. The lowest BCUT2D eigenvalue weighted by Gasteiger charge is -2.09. The van der Waals surface area contributed by atoms with Crippen molar-refractivity contribution in [3.05, 3.63) is 31.7 Å². The van der Waals surface area contributed by atoms with Gasteiger partial charge >= 0.3 is 5.97 Å². The highest BCUT2D eigenvalue weighted by Crippen LogP contribution is 2.24. The molecule has 118 valence electrons. The maximum Gasteiger partial charge on any atom is 0.347 e. The van der Waals surface area contributed by atoms with Crippen LogP contribution in [-0.4, -0.2) is 27.0 Å². The normalized spacial score (nSPS) is 12.1. The van der Waals surface area contributed by atoms with E-state index < -0.39 is 5.97 Å². The molecule has 0 radical (unpaired) electrons. The van der Waals surface area contributed by atoms with Gasteiger partial charge in [0.1, 0.15) is 14.8 Å². The Morgan fingerprint density at radius 2 is 2.14 bits per heavy atom. The molecule has 0 aliphatic carbocycles. The van der Waals surface area contributed by atoms with E-state index in [4.69, 9.17) is 5.11 Å². The van der Waals surface area contributed by atoms with E-state index in [2.05, 4.69) is 22.2 Å². The number of aryl methyl sites for hydroxylation is 2. The number of carbonyl (C=O) groups is 2. The predicted molar refractivity (Wildman–Crippen MR) is 85.8 cm³/mol. The van der Waals surface area contributed by atoms with Gasteiger partial charge in [0.05, 0.1) is 22.9 Å². The molecule has 0 saturated carbocycles. The SMILES string of the molecule is CCCc1ncc(C(=O)NC(C)c2nc(C)c(C(=O)O)s2)s1. The summed E-state index contributed by atoms with van der Waals surface area (Å²) in [6.45, 7) is 5.50. The molecule has 0 aliphatic rings. The van der Waals surface area contributed by atoms with Gasteiger partial charge in [-0.1, -0.05) is 6.92 Å². The average Bonchev–Trinajstić information content (AvgIpc) is 3.06. The van der Waals surface area contributed by atoms with Crippen LogP contribution in [0.2, 0.25) is 0 Å². The number of carbonyl (C=O) groups excluding carboxylic acids is 1. The second kappa shape index (κ2) is 6.97. The van der Waals surface area contributed by atoms with Gasteiger partial charge in [0, 0.05) is 0 Å². The number of hydrogen-bond acceptors (Lipinski definition) is 6. The zero-order valence-electron chi connectivity index (χ0n) is 12.5. The van der Waals surface area contributed by atoms with E-state index in [1.165, 1.54) is 11.3 Å². The fourth-order valence-electron chi connectivity index (χ4n) is 1.88. The van der Waals surface area contributed by atoms with Crippen LogP contribution in [0.1, 0.15) is 61.4 Å². The molecular weight excluding hydrogens is 322 g/mol. The van der Waals surface area contributed by atoms with Crippen LogP contribution in [0, 0.1) is 6.92 Å². The number of aromatic nitrogens is 2. The number of carboxylic acid groups (broad SMARTS) is 1. The Bertz CT molecular complexity index is 693. The summed E-state index contributed by atoms with van der Waals surface area (Å²) >= 11 is 2.47. The van der Waals surface area contributed by atoms with E-state index in [9.17, 15) is 9.59 Å². The molecule has 22 heavy (non-hydrogen) atoms. The monoisotopic (exact) mass is 339 g/mol. The van der Waals surface area contributed by atoms with Crippen LogP contribution in [0.5, 0.6) is 0 Å². The van der Waals surface area contributed by atoms with Crippen molar-refractivity contribution in [1.29, 1.82) is 0 Å². The van der Waals surface area contributed by atoms with Gasteiger partial charge < -0.3 is 10.4 Å². The molecule has 0 aromatic carbocycles. The Balaban J connectivity index is 2.07. The molecule has 2 aromatic heterocycles. The molecule has 1 amide bonds. The Hall–Kier alpha value is -1.80. The van der Waals surface area contributed by atoms with Crippen LogP contribution in [-0.2, 0) is 6.42 Å². The lowest BCUT2D eigenvalue weighted by molar-refractivity contribution is 0.0701. The van der Waals surface area contributed by atoms with Crippen molar-refractivity contribution in [2.45, 2.75) is 39.7 Å². The van der Waals surface area contributed by atoms with Gasteiger partial charge in [-0.3, -0.25) is 4.79 Å². The van der Waals surface area contributed by atoms with Crippen LogP contribution < -0.4 is 5.32 Å². The molecule has 8 heteroatoms. The molecule has 0 aliphatic heterocycles. The van der Waals surface area contributed by atoms with Crippen molar-refractivity contribution in [2.24, 2.45) is 0 Å². The largest absolute Gasteiger partial charge is 0.477 e. The molecule has 6 nitrogen and oxygen atoms in total. The smallest absolute Gasteiger partial charge is 0.347 e. The Kier molecular flexibility index (Phi) is 5.25. The molecule has 1 atom stereocenters. The number of nitrogens with zero attached hydrogens (tertiary/aromatic N) is 2. The van der Waals surface area contributed by atoms with Crippen molar-refractivity contribution < 1.29 is 14.7 Å². The molecule has 2 heterocycles. The van der Waals surface area contributed by atoms with Crippen molar-refractivity contribution in [3.8, 4) is 0 Å². The van der Waals surface area contributed by atoms with E-state index in [-0.39, 0.29) is 16.8 Å². The quantitative estimate of drug-likeness (QED) is 0.844. The number of aromatic carboxylic acids is 1. The van der Waals surface area contributed by atoms with Crippen LogP contribution in [0.4, 0.5) is 0 Å². The number of hydrogen-bond donors (Lipinski definition) is 2. The third kappa shape index (κ3) is 3.69. The zero-order chi connectivity index (χ0) is 16.3. The highest BCUT2D eigenvalue weighted by Gasteiger charge is 2.20. The summed E-state index contributed by atoms with van der Waals surface area (Å²) in [5.74, 6) is -1.21. The lowest BCUT2D eigenvalue weighted by atomic mass is 10.3. The second-order valence-electron chi connectivity index (χ2n) is 4.84. The van der Waals surface area contributed by atoms with Crippen molar-refractivity contribution in [1.82, 2.24) is 15.3 Å². The summed E-state index contributed by atoms with van der Waals surface area (Å²) in [4.78, 5) is 32.4. The number of thiazole rings is 2. The number of carboxylic acids is 1. The first kappa shape index (κ1) is 16.6. The highest BCUT2D eigenvalue weighted by atomic mass is 32.1. The summed E-state index contributed by atoms with van der Waals surface area (Å²) in [5.41, 5.74) is 0.469. The van der Waals surface area contributed by atoms with Crippen LogP contribution in [0.15, 0.2) is 6.20 Å². The fraction of sp³-hybridized carbons (Fsp3) is 0.429. The maximum atomic E-state index is 12.2. The molecule has 2 rings (SSSR count). The van der Waals surface area contributed by atoms with Gasteiger partial charge in [-0.05, 0) is 26.7 Å². The molecule has 1 unspecified atom stereocenters. The molecule has 0 saturated heterocycles. The first-order valence-corrected chi connectivity index (χ1v) is 8.51. The zero-order valence-corrected chi connectivity index (χ0v) is 14.2. The van der Waals surface area contributed by atoms with E-state index in [0.29, 0.717) is 15.6 Å². The third-order valence-electron chi connectivity index (χ3n) is 2.97. The van der Waals surface area contributed by atoms with E-state index in [1.807, 2.05) is 0 Å². The van der Waals surface area contributed by atoms with Gasteiger partial charge in [0.15, 0.2) is 0 Å². The first-order valence-electron chi connectivity index (χ1n) is 6.88. The molecule has 0 fully saturated rings. The highest BCUT2D eigenvalue weighted by molar-refractivity contribution is 7.14. The summed E-state index contributed by atoms with van der Waals surface area (Å²) < 4.78 is 0. The number of amides is 1. The summed E-state index contributed by atoms with van der Waals surface area (Å²) in [7, 11) is 0. The molecule has 2 N–H and O–H groups in total. The molecular formula is C14H17N3O3S2. The van der Waals surface area contributed by atoms with Crippen LogP contribution in [0.25, 0.3) is 0 Å². The standard InChI is InChI=1S/C14H17N3O3S2/c1-4-5-10-15-6-9(21-10)12(18)16-8(3)13-17-7(2)11(22-13)14(19)20/h6,8H,4-5H2,1-3H3,(H,16,18)(H,19,20). The van der Waals surface area contributed by atoms with E-state index >= 15 is 0 Å². The second-order valence-corrected chi connectivity index (χ2v) is 6.98. The Labute approximate surface area is 136 Å². The summed E-state index contributed by atoms with van der Waals surface area (Å²) in [6.07, 6.45) is 3.43. The predicted octanol–water partition coefficient (Wildman–Crippen LogP) is 3.05. The average molecular weight is 339 g/mol. The van der Waals surface area contributed by atoms with Gasteiger partial charge in [-0.25, -0.2) is 14.8 Å². The summed E-state index contributed by atoms with van der Waals surface area (Å²) in [5, 5.41) is 13.4.